The maximum atomic E-state index is 13.1. The number of nitrogens with zero attached hydrogens (tertiary/aromatic N) is 3. The summed E-state index contributed by atoms with van der Waals surface area (Å²) in [6.07, 6.45) is 1.72. The van der Waals surface area contributed by atoms with Gasteiger partial charge in [0.25, 0.3) is 5.91 Å². The fraction of sp³-hybridized carbons (Fsp3) is 0.250. The highest BCUT2D eigenvalue weighted by atomic mass is 32.1. The van der Waals surface area contributed by atoms with E-state index in [1.54, 1.807) is 37.4 Å². The lowest BCUT2D eigenvalue weighted by molar-refractivity contribution is -0.131. The van der Waals surface area contributed by atoms with Crippen LogP contribution in [0.15, 0.2) is 54.7 Å². The van der Waals surface area contributed by atoms with Crippen LogP contribution in [0.1, 0.15) is 48.3 Å². The number of hydrogen-bond acceptors (Lipinski definition) is 5. The molecule has 1 aromatic heterocycles. The molecule has 1 fully saturated rings. The number of carbonyl (C=O) groups is 2. The van der Waals surface area contributed by atoms with Crippen molar-refractivity contribution in [3.63, 3.8) is 0 Å². The van der Waals surface area contributed by atoms with Gasteiger partial charge in [0.15, 0.2) is 0 Å². The van der Waals surface area contributed by atoms with Gasteiger partial charge in [-0.1, -0.05) is 50.2 Å². The third-order valence-corrected chi connectivity index (χ3v) is 6.59. The number of hydrogen-bond donors (Lipinski definition) is 1. The van der Waals surface area contributed by atoms with Crippen molar-refractivity contribution < 1.29 is 9.59 Å². The number of carbonyl (C=O) groups excluding carboxylic acids is 2. The minimum Gasteiger partial charge on any atom is -0.319 e. The van der Waals surface area contributed by atoms with Gasteiger partial charge in [-0.3, -0.25) is 9.69 Å². The molecule has 1 aliphatic heterocycles. The smallest absolute Gasteiger partial charge is 0.319 e. The highest BCUT2D eigenvalue weighted by Crippen LogP contribution is 2.32. The first-order valence-electron chi connectivity index (χ1n) is 10.0. The van der Waals surface area contributed by atoms with Crippen molar-refractivity contribution in [2.75, 3.05) is 0 Å². The standard InChI is InChI=1S/C24H22N4O2S/c1-15(2)17-6-8-18(9-7-17)21-26-13-20(31-21)14-28-22(29)24(3,27-23(28)30)19-10-4-16(12-25)5-11-19/h4-11,13,15H,14H2,1-3H3,(H,27,30). The first-order valence-corrected chi connectivity index (χ1v) is 10.8. The number of rotatable bonds is 5. The third kappa shape index (κ3) is 3.82. The SMILES string of the molecule is CC(C)c1ccc(-c2ncc(CN3C(=O)NC(C)(c4ccc(C#N)cc4)C3=O)s2)cc1. The van der Waals surface area contributed by atoms with Crippen LogP contribution in [-0.2, 0) is 16.9 Å². The van der Waals surface area contributed by atoms with Gasteiger partial charge in [-0.15, -0.1) is 11.3 Å². The number of amides is 3. The van der Waals surface area contributed by atoms with Crippen molar-refractivity contribution in [1.29, 1.82) is 5.26 Å². The summed E-state index contributed by atoms with van der Waals surface area (Å²) in [7, 11) is 0. The largest absolute Gasteiger partial charge is 0.325 e. The Hall–Kier alpha value is -3.50. The first kappa shape index (κ1) is 20.8. The number of benzene rings is 2. The van der Waals surface area contributed by atoms with Crippen LogP contribution in [0.25, 0.3) is 10.6 Å². The average Bonchev–Trinajstić information content (AvgIpc) is 3.33. The normalized spacial score (nSPS) is 18.4. The van der Waals surface area contributed by atoms with Gasteiger partial charge >= 0.3 is 6.03 Å². The molecule has 3 amide bonds. The number of urea groups is 1. The van der Waals surface area contributed by atoms with E-state index in [1.165, 1.54) is 21.8 Å². The quantitative estimate of drug-likeness (QED) is 0.591. The van der Waals surface area contributed by atoms with Gasteiger partial charge in [-0.05, 0) is 36.1 Å². The molecule has 0 saturated carbocycles. The predicted octanol–water partition coefficient (Wildman–Crippen LogP) is 4.77. The van der Waals surface area contributed by atoms with Crippen LogP contribution >= 0.6 is 11.3 Å². The van der Waals surface area contributed by atoms with Crippen LogP contribution in [0.2, 0.25) is 0 Å². The molecule has 1 unspecified atom stereocenters. The fourth-order valence-corrected chi connectivity index (χ4v) is 4.50. The second-order valence-corrected chi connectivity index (χ2v) is 9.16. The summed E-state index contributed by atoms with van der Waals surface area (Å²) in [5, 5.41) is 12.6. The molecule has 7 heteroatoms. The molecule has 156 valence electrons. The van der Waals surface area contributed by atoms with Crippen LogP contribution in [0, 0.1) is 11.3 Å². The van der Waals surface area contributed by atoms with Crippen molar-refractivity contribution in [3.05, 3.63) is 76.3 Å². The molecule has 0 bridgehead atoms. The van der Waals surface area contributed by atoms with Crippen LogP contribution in [-0.4, -0.2) is 21.8 Å². The van der Waals surface area contributed by atoms with Gasteiger partial charge in [0.05, 0.1) is 18.2 Å². The van der Waals surface area contributed by atoms with Gasteiger partial charge in [0.2, 0.25) is 0 Å². The van der Waals surface area contributed by atoms with Crippen LogP contribution < -0.4 is 5.32 Å². The zero-order valence-electron chi connectivity index (χ0n) is 17.5. The topological polar surface area (TPSA) is 86.1 Å². The Kier molecular flexibility index (Phi) is 5.34. The van der Waals surface area contributed by atoms with Crippen molar-refractivity contribution in [1.82, 2.24) is 15.2 Å². The summed E-state index contributed by atoms with van der Waals surface area (Å²) in [5.41, 5.74) is 2.26. The Bertz CT molecular complexity index is 1180. The van der Waals surface area contributed by atoms with Gasteiger partial charge in [0, 0.05) is 16.6 Å². The molecule has 0 spiro atoms. The summed E-state index contributed by atoms with van der Waals surface area (Å²) in [4.78, 5) is 32.3. The minimum atomic E-state index is -1.16. The average molecular weight is 431 g/mol. The summed E-state index contributed by atoms with van der Waals surface area (Å²) >= 11 is 1.47. The van der Waals surface area contributed by atoms with E-state index in [1.807, 2.05) is 12.1 Å². The molecular formula is C24H22N4O2S. The Balaban J connectivity index is 1.52. The number of nitrogens with one attached hydrogen (secondary N) is 1. The van der Waals surface area contributed by atoms with E-state index in [0.29, 0.717) is 17.0 Å². The molecular weight excluding hydrogens is 408 g/mol. The maximum Gasteiger partial charge on any atom is 0.325 e. The zero-order chi connectivity index (χ0) is 22.2. The van der Waals surface area contributed by atoms with Crippen molar-refractivity contribution >= 4 is 23.3 Å². The van der Waals surface area contributed by atoms with E-state index in [-0.39, 0.29) is 12.5 Å². The van der Waals surface area contributed by atoms with Crippen molar-refractivity contribution in [2.24, 2.45) is 0 Å². The molecule has 1 atom stereocenters. The molecule has 0 radical (unpaired) electrons. The van der Waals surface area contributed by atoms with Gasteiger partial charge in [0.1, 0.15) is 10.5 Å². The molecule has 6 nitrogen and oxygen atoms in total. The van der Waals surface area contributed by atoms with E-state index in [4.69, 9.17) is 5.26 Å². The lowest BCUT2D eigenvalue weighted by Gasteiger charge is -2.22. The molecule has 2 aromatic carbocycles. The number of aromatic nitrogens is 1. The molecule has 1 N–H and O–H groups in total. The molecule has 31 heavy (non-hydrogen) atoms. The second kappa shape index (κ2) is 7.97. The molecule has 0 aliphatic carbocycles. The highest BCUT2D eigenvalue weighted by Gasteiger charge is 2.49. The van der Waals surface area contributed by atoms with E-state index < -0.39 is 11.6 Å². The Morgan fingerprint density at radius 3 is 2.42 bits per heavy atom. The van der Waals surface area contributed by atoms with E-state index in [9.17, 15) is 9.59 Å². The highest BCUT2D eigenvalue weighted by molar-refractivity contribution is 7.15. The summed E-state index contributed by atoms with van der Waals surface area (Å²) in [5.74, 6) is 0.143. The molecule has 3 aromatic rings. The Morgan fingerprint density at radius 2 is 1.81 bits per heavy atom. The molecule has 1 aliphatic rings. The van der Waals surface area contributed by atoms with Crippen LogP contribution in [0.3, 0.4) is 0 Å². The van der Waals surface area contributed by atoms with Crippen LogP contribution in [0.4, 0.5) is 4.79 Å². The van der Waals surface area contributed by atoms with Crippen molar-refractivity contribution in [2.45, 2.75) is 38.8 Å². The summed E-state index contributed by atoms with van der Waals surface area (Å²) in [6, 6.07) is 16.6. The minimum absolute atomic E-state index is 0.165. The molecule has 1 saturated heterocycles. The summed E-state index contributed by atoms with van der Waals surface area (Å²) < 4.78 is 0. The molecule has 2 heterocycles. The number of imide groups is 1. The predicted molar refractivity (Wildman–Crippen MR) is 119 cm³/mol. The number of thiazole rings is 1. The lowest BCUT2D eigenvalue weighted by atomic mass is 9.91. The Labute approximate surface area is 185 Å². The van der Waals surface area contributed by atoms with Gasteiger partial charge < -0.3 is 5.32 Å². The summed E-state index contributed by atoms with van der Waals surface area (Å²) in [6.45, 7) is 6.15. The first-order chi connectivity index (χ1) is 14.8. The van der Waals surface area contributed by atoms with Gasteiger partial charge in [-0.25, -0.2) is 9.78 Å². The molecule has 4 rings (SSSR count). The maximum absolute atomic E-state index is 13.1. The zero-order valence-corrected chi connectivity index (χ0v) is 18.4. The fourth-order valence-electron chi connectivity index (χ4n) is 3.59. The Morgan fingerprint density at radius 1 is 1.13 bits per heavy atom. The van der Waals surface area contributed by atoms with Crippen molar-refractivity contribution in [3.8, 4) is 16.6 Å². The monoisotopic (exact) mass is 430 g/mol. The second-order valence-electron chi connectivity index (χ2n) is 8.04. The lowest BCUT2D eigenvalue weighted by Crippen LogP contribution is -2.40. The van der Waals surface area contributed by atoms with E-state index >= 15 is 0 Å². The van der Waals surface area contributed by atoms with Gasteiger partial charge in [-0.2, -0.15) is 5.26 Å². The van der Waals surface area contributed by atoms with E-state index in [2.05, 4.69) is 42.4 Å². The third-order valence-electron chi connectivity index (χ3n) is 5.56. The number of nitriles is 1. The van der Waals surface area contributed by atoms with Crippen LogP contribution in [0.5, 0.6) is 0 Å². The van der Waals surface area contributed by atoms with E-state index in [0.717, 1.165) is 15.4 Å².